The van der Waals surface area contributed by atoms with E-state index in [1.54, 1.807) is 14.2 Å². The number of ether oxygens (including phenoxy) is 2. The first-order chi connectivity index (χ1) is 10.7. The normalized spacial score (nSPS) is 13.5. The molecule has 0 saturated heterocycles. The van der Waals surface area contributed by atoms with Crippen molar-refractivity contribution >= 4 is 21.6 Å². The van der Waals surface area contributed by atoms with Crippen molar-refractivity contribution in [1.29, 1.82) is 0 Å². The smallest absolute Gasteiger partial charge is 0.123 e. The van der Waals surface area contributed by atoms with E-state index in [2.05, 4.69) is 38.1 Å². The van der Waals surface area contributed by atoms with Crippen LogP contribution >= 0.6 is 21.6 Å². The highest BCUT2D eigenvalue weighted by atomic mass is 33.1. The van der Waals surface area contributed by atoms with E-state index in [9.17, 15) is 0 Å². The fourth-order valence-electron chi connectivity index (χ4n) is 2.27. The lowest BCUT2D eigenvalue weighted by atomic mass is 10.1. The Kier molecular flexibility index (Phi) is 6.52. The summed E-state index contributed by atoms with van der Waals surface area (Å²) in [4.78, 5) is 0. The SMILES string of the molecule is COc1ccccc1C(C)SSC(C)c1ccccc1OC. The van der Waals surface area contributed by atoms with Crippen LogP contribution in [0.4, 0.5) is 0 Å². The Balaban J connectivity index is 2.03. The molecule has 0 aromatic heterocycles. The number of rotatable bonds is 7. The molecule has 0 aliphatic rings. The molecule has 0 bridgehead atoms. The zero-order valence-corrected chi connectivity index (χ0v) is 15.0. The van der Waals surface area contributed by atoms with Crippen LogP contribution in [0.3, 0.4) is 0 Å². The molecule has 2 aromatic carbocycles. The number of methoxy groups -OCH3 is 2. The summed E-state index contributed by atoms with van der Waals surface area (Å²) in [5.41, 5.74) is 2.46. The first-order valence-corrected chi connectivity index (χ1v) is 9.53. The summed E-state index contributed by atoms with van der Waals surface area (Å²) in [6.45, 7) is 4.43. The van der Waals surface area contributed by atoms with E-state index in [1.807, 2.05) is 45.9 Å². The quantitative estimate of drug-likeness (QED) is 0.586. The molecule has 0 saturated carbocycles. The molecule has 0 spiro atoms. The van der Waals surface area contributed by atoms with Crippen LogP contribution in [0.2, 0.25) is 0 Å². The minimum atomic E-state index is 0.360. The minimum Gasteiger partial charge on any atom is -0.496 e. The van der Waals surface area contributed by atoms with Gasteiger partial charge in [0.05, 0.1) is 14.2 Å². The van der Waals surface area contributed by atoms with Gasteiger partial charge in [-0.25, -0.2) is 0 Å². The van der Waals surface area contributed by atoms with E-state index >= 15 is 0 Å². The largest absolute Gasteiger partial charge is 0.496 e. The van der Waals surface area contributed by atoms with Crippen molar-refractivity contribution in [1.82, 2.24) is 0 Å². The van der Waals surface area contributed by atoms with Crippen molar-refractivity contribution in [2.24, 2.45) is 0 Å². The summed E-state index contributed by atoms with van der Waals surface area (Å²) in [6, 6.07) is 16.4. The Labute approximate surface area is 141 Å². The van der Waals surface area contributed by atoms with Crippen LogP contribution < -0.4 is 9.47 Å². The predicted octanol–water partition coefficient (Wildman–Crippen LogP) is 5.91. The summed E-state index contributed by atoms with van der Waals surface area (Å²) in [5, 5.41) is 0.719. The summed E-state index contributed by atoms with van der Waals surface area (Å²) >= 11 is 0. The number of para-hydroxylation sites is 2. The fraction of sp³-hybridized carbons (Fsp3) is 0.333. The molecule has 0 aliphatic heterocycles. The molecule has 22 heavy (non-hydrogen) atoms. The molecule has 0 amide bonds. The van der Waals surface area contributed by atoms with Gasteiger partial charge in [-0.15, -0.1) is 0 Å². The van der Waals surface area contributed by atoms with Crippen molar-refractivity contribution in [3.05, 3.63) is 59.7 Å². The van der Waals surface area contributed by atoms with E-state index in [0.29, 0.717) is 10.5 Å². The van der Waals surface area contributed by atoms with Crippen molar-refractivity contribution in [2.45, 2.75) is 24.3 Å². The van der Waals surface area contributed by atoms with E-state index in [0.717, 1.165) is 11.5 Å². The topological polar surface area (TPSA) is 18.5 Å². The third-order valence-corrected chi connectivity index (χ3v) is 6.76. The molecular weight excluding hydrogens is 312 g/mol. The van der Waals surface area contributed by atoms with Gasteiger partial charge in [-0.3, -0.25) is 0 Å². The van der Waals surface area contributed by atoms with Gasteiger partial charge >= 0.3 is 0 Å². The molecule has 2 aromatic rings. The van der Waals surface area contributed by atoms with Crippen LogP contribution in [0.5, 0.6) is 11.5 Å². The second-order valence-electron chi connectivity index (χ2n) is 4.96. The van der Waals surface area contributed by atoms with Gasteiger partial charge in [-0.1, -0.05) is 58.0 Å². The average molecular weight is 335 g/mol. The standard InChI is InChI=1S/C18H22O2S2/c1-13(15-9-5-7-11-17(15)19-3)21-22-14(2)16-10-6-8-12-18(16)20-4/h5-14H,1-4H3. The zero-order chi connectivity index (χ0) is 15.9. The van der Waals surface area contributed by atoms with E-state index in [-0.39, 0.29) is 0 Å². The first-order valence-electron chi connectivity index (χ1n) is 7.25. The Morgan fingerprint density at radius 2 is 1.05 bits per heavy atom. The lowest BCUT2D eigenvalue weighted by molar-refractivity contribution is 0.409. The van der Waals surface area contributed by atoms with Crippen LogP contribution in [0.15, 0.2) is 48.5 Å². The Bertz CT molecular complexity index is 548. The maximum Gasteiger partial charge on any atom is 0.123 e. The Morgan fingerprint density at radius 3 is 1.41 bits per heavy atom. The monoisotopic (exact) mass is 334 g/mol. The van der Waals surface area contributed by atoms with Crippen molar-refractivity contribution in [3.8, 4) is 11.5 Å². The van der Waals surface area contributed by atoms with Gasteiger partial charge in [-0.05, 0) is 26.0 Å². The Hall–Kier alpha value is -1.26. The number of benzene rings is 2. The number of hydrogen-bond donors (Lipinski definition) is 0. The van der Waals surface area contributed by atoms with Crippen LogP contribution in [-0.4, -0.2) is 14.2 Å². The van der Waals surface area contributed by atoms with Crippen LogP contribution in [0.1, 0.15) is 35.5 Å². The third kappa shape index (κ3) is 4.14. The van der Waals surface area contributed by atoms with Crippen molar-refractivity contribution < 1.29 is 9.47 Å². The maximum absolute atomic E-state index is 5.45. The molecule has 4 heteroatoms. The van der Waals surface area contributed by atoms with E-state index in [4.69, 9.17) is 9.47 Å². The molecule has 0 aliphatic carbocycles. The highest BCUT2D eigenvalue weighted by Crippen LogP contribution is 2.48. The van der Waals surface area contributed by atoms with Crippen LogP contribution in [-0.2, 0) is 0 Å². The van der Waals surface area contributed by atoms with Gasteiger partial charge in [0.25, 0.3) is 0 Å². The van der Waals surface area contributed by atoms with Gasteiger partial charge in [-0.2, -0.15) is 0 Å². The number of hydrogen-bond acceptors (Lipinski definition) is 4. The van der Waals surface area contributed by atoms with E-state index in [1.165, 1.54) is 11.1 Å². The summed E-state index contributed by atoms with van der Waals surface area (Å²) in [5.74, 6) is 1.90. The van der Waals surface area contributed by atoms with Gasteiger partial charge in [0.2, 0.25) is 0 Å². The van der Waals surface area contributed by atoms with Crippen molar-refractivity contribution in [3.63, 3.8) is 0 Å². The highest BCUT2D eigenvalue weighted by Gasteiger charge is 2.16. The third-order valence-electron chi connectivity index (χ3n) is 3.50. The minimum absolute atomic E-state index is 0.360. The van der Waals surface area contributed by atoms with Crippen LogP contribution in [0, 0.1) is 0 Å². The Morgan fingerprint density at radius 1 is 0.682 bits per heavy atom. The molecule has 0 radical (unpaired) electrons. The molecule has 2 unspecified atom stereocenters. The second kappa shape index (κ2) is 8.39. The summed E-state index contributed by atoms with van der Waals surface area (Å²) in [6.07, 6.45) is 0. The lowest BCUT2D eigenvalue weighted by Crippen LogP contribution is -1.95. The van der Waals surface area contributed by atoms with Gasteiger partial charge in [0, 0.05) is 21.6 Å². The predicted molar refractivity (Wildman–Crippen MR) is 98.0 cm³/mol. The maximum atomic E-state index is 5.45. The molecule has 2 rings (SSSR count). The second-order valence-corrected chi connectivity index (χ2v) is 7.91. The molecule has 118 valence electrons. The molecule has 0 heterocycles. The van der Waals surface area contributed by atoms with Crippen LogP contribution in [0.25, 0.3) is 0 Å². The van der Waals surface area contributed by atoms with Gasteiger partial charge < -0.3 is 9.47 Å². The molecule has 2 atom stereocenters. The molecule has 2 nitrogen and oxygen atoms in total. The summed E-state index contributed by atoms with van der Waals surface area (Å²) < 4.78 is 10.9. The zero-order valence-electron chi connectivity index (χ0n) is 13.4. The fourth-order valence-corrected chi connectivity index (χ4v) is 4.83. The lowest BCUT2D eigenvalue weighted by Gasteiger charge is -2.18. The first kappa shape index (κ1) is 17.1. The molecular formula is C18H22O2S2. The van der Waals surface area contributed by atoms with Gasteiger partial charge in [0.15, 0.2) is 0 Å². The molecule has 0 N–H and O–H groups in total. The average Bonchev–Trinajstić information content (AvgIpc) is 2.59. The summed E-state index contributed by atoms with van der Waals surface area (Å²) in [7, 11) is 7.17. The van der Waals surface area contributed by atoms with E-state index < -0.39 is 0 Å². The molecule has 0 fully saturated rings. The van der Waals surface area contributed by atoms with Crippen molar-refractivity contribution in [2.75, 3.05) is 14.2 Å². The highest BCUT2D eigenvalue weighted by molar-refractivity contribution is 8.76. The van der Waals surface area contributed by atoms with Gasteiger partial charge in [0.1, 0.15) is 11.5 Å².